The van der Waals surface area contributed by atoms with Crippen LogP contribution < -0.4 is 0 Å². The van der Waals surface area contributed by atoms with Gasteiger partial charge in [0, 0.05) is 5.57 Å². The largest absolute Gasteiger partial charge is 0.364 e. The van der Waals surface area contributed by atoms with Crippen LogP contribution in [0.25, 0.3) is 0 Å². The van der Waals surface area contributed by atoms with Gasteiger partial charge in [0.15, 0.2) is 6.29 Å². The van der Waals surface area contributed by atoms with Crippen molar-refractivity contribution in [2.75, 3.05) is 6.61 Å². The van der Waals surface area contributed by atoms with E-state index in [1.54, 1.807) is 0 Å². The number of hydrogen-bond donors (Lipinski definition) is 1. The lowest BCUT2D eigenvalue weighted by Crippen LogP contribution is -2.05. The van der Waals surface area contributed by atoms with E-state index in [2.05, 4.69) is 12.2 Å². The highest BCUT2D eigenvalue weighted by Crippen LogP contribution is 2.28. The first-order valence-corrected chi connectivity index (χ1v) is 3.57. The molecular formula is C8H10O2. The third-order valence-electron chi connectivity index (χ3n) is 1.96. The highest BCUT2D eigenvalue weighted by atomic mass is 16.6. The van der Waals surface area contributed by atoms with Crippen LogP contribution >= 0.6 is 0 Å². The van der Waals surface area contributed by atoms with Crippen LogP contribution in [0, 0.1) is 0 Å². The van der Waals surface area contributed by atoms with Gasteiger partial charge in [-0.3, -0.25) is 0 Å². The summed E-state index contributed by atoms with van der Waals surface area (Å²) in [5, 5.41) is 9.19. The monoisotopic (exact) mass is 138 g/mol. The van der Waals surface area contributed by atoms with Gasteiger partial charge in [0.25, 0.3) is 0 Å². The average Bonchev–Trinajstić information content (AvgIpc) is 2.34. The molecule has 54 valence electrons. The van der Waals surface area contributed by atoms with Crippen LogP contribution in [0.4, 0.5) is 0 Å². The standard InChI is InChI=1S/C8H10O2/c9-8-7-4-2-1-3-6(7)5-10-8/h3-4,8-9H,1-2,5H2. The van der Waals surface area contributed by atoms with E-state index >= 15 is 0 Å². The maximum absolute atomic E-state index is 9.19. The minimum absolute atomic E-state index is 0.590. The van der Waals surface area contributed by atoms with E-state index in [1.165, 1.54) is 5.57 Å². The number of aliphatic hydroxyl groups is 1. The van der Waals surface area contributed by atoms with Gasteiger partial charge < -0.3 is 9.84 Å². The summed E-state index contributed by atoms with van der Waals surface area (Å²) in [7, 11) is 0. The Morgan fingerprint density at radius 2 is 2.20 bits per heavy atom. The Labute approximate surface area is 59.8 Å². The summed E-state index contributed by atoms with van der Waals surface area (Å²) in [5.41, 5.74) is 2.17. The van der Waals surface area contributed by atoms with Crippen molar-refractivity contribution >= 4 is 0 Å². The second-order valence-corrected chi connectivity index (χ2v) is 2.63. The Hall–Kier alpha value is -0.600. The van der Waals surface area contributed by atoms with Gasteiger partial charge in [-0.1, -0.05) is 12.2 Å². The highest BCUT2D eigenvalue weighted by Gasteiger charge is 2.24. The zero-order chi connectivity index (χ0) is 6.97. The maximum Gasteiger partial charge on any atom is 0.181 e. The van der Waals surface area contributed by atoms with Gasteiger partial charge >= 0.3 is 0 Å². The fourth-order valence-corrected chi connectivity index (χ4v) is 1.41. The van der Waals surface area contributed by atoms with E-state index < -0.39 is 6.29 Å². The van der Waals surface area contributed by atoms with Crippen molar-refractivity contribution in [3.8, 4) is 0 Å². The minimum Gasteiger partial charge on any atom is -0.364 e. The van der Waals surface area contributed by atoms with Gasteiger partial charge in [-0.2, -0.15) is 0 Å². The summed E-state index contributed by atoms with van der Waals surface area (Å²) in [4.78, 5) is 0. The van der Waals surface area contributed by atoms with Gasteiger partial charge in [-0.25, -0.2) is 0 Å². The summed E-state index contributed by atoms with van der Waals surface area (Å²) in [5.74, 6) is 0. The summed E-state index contributed by atoms with van der Waals surface area (Å²) in [6, 6.07) is 0. The fraction of sp³-hybridized carbons (Fsp3) is 0.500. The number of allylic oxidation sites excluding steroid dienone is 2. The lowest BCUT2D eigenvalue weighted by molar-refractivity contribution is -0.0383. The minimum atomic E-state index is -0.647. The van der Waals surface area contributed by atoms with E-state index in [9.17, 15) is 5.11 Å². The maximum atomic E-state index is 9.19. The van der Waals surface area contributed by atoms with Gasteiger partial charge in [-0.05, 0) is 18.4 Å². The fourth-order valence-electron chi connectivity index (χ4n) is 1.41. The summed E-state index contributed by atoms with van der Waals surface area (Å²) < 4.78 is 5.02. The SMILES string of the molecule is OC1OCC2=CCCC=C21. The molecule has 0 aromatic rings. The van der Waals surface area contributed by atoms with Crippen molar-refractivity contribution in [1.29, 1.82) is 0 Å². The second-order valence-electron chi connectivity index (χ2n) is 2.63. The molecule has 0 radical (unpaired) electrons. The molecule has 0 amide bonds. The van der Waals surface area contributed by atoms with Crippen LogP contribution in [0.2, 0.25) is 0 Å². The van der Waals surface area contributed by atoms with Crippen molar-refractivity contribution in [1.82, 2.24) is 0 Å². The van der Waals surface area contributed by atoms with Crippen molar-refractivity contribution in [2.24, 2.45) is 0 Å². The Morgan fingerprint density at radius 1 is 1.40 bits per heavy atom. The van der Waals surface area contributed by atoms with E-state index in [-0.39, 0.29) is 0 Å². The van der Waals surface area contributed by atoms with Crippen LogP contribution in [0.1, 0.15) is 12.8 Å². The number of ether oxygens (including phenoxy) is 1. The number of fused-ring (bicyclic) bond motifs is 1. The number of hydrogen-bond acceptors (Lipinski definition) is 2. The van der Waals surface area contributed by atoms with Gasteiger partial charge in [-0.15, -0.1) is 0 Å². The smallest absolute Gasteiger partial charge is 0.181 e. The Morgan fingerprint density at radius 3 is 3.00 bits per heavy atom. The molecule has 0 bridgehead atoms. The quantitative estimate of drug-likeness (QED) is 0.540. The lowest BCUT2D eigenvalue weighted by Gasteiger charge is -2.06. The Balaban J connectivity index is 2.31. The second kappa shape index (κ2) is 2.22. The van der Waals surface area contributed by atoms with E-state index in [4.69, 9.17) is 4.74 Å². The first-order valence-electron chi connectivity index (χ1n) is 3.57. The van der Waals surface area contributed by atoms with Crippen molar-refractivity contribution in [2.45, 2.75) is 19.1 Å². The zero-order valence-electron chi connectivity index (χ0n) is 5.71. The van der Waals surface area contributed by atoms with Crippen LogP contribution in [-0.2, 0) is 4.74 Å². The molecule has 0 aromatic heterocycles. The molecule has 1 fully saturated rings. The molecule has 1 unspecified atom stereocenters. The van der Waals surface area contributed by atoms with Crippen molar-refractivity contribution in [3.05, 3.63) is 23.3 Å². The van der Waals surface area contributed by atoms with E-state index in [0.29, 0.717) is 6.61 Å². The molecule has 0 aromatic carbocycles. The van der Waals surface area contributed by atoms with Gasteiger partial charge in [0.1, 0.15) is 0 Å². The van der Waals surface area contributed by atoms with Crippen LogP contribution in [-0.4, -0.2) is 18.0 Å². The van der Waals surface area contributed by atoms with Crippen LogP contribution in [0.5, 0.6) is 0 Å². The summed E-state index contributed by atoms with van der Waals surface area (Å²) in [6.07, 6.45) is 5.69. The predicted octanol–water partition coefficient (Wildman–Crippen LogP) is 0.982. The van der Waals surface area contributed by atoms with Gasteiger partial charge in [0.05, 0.1) is 6.61 Å². The molecule has 1 N–H and O–H groups in total. The predicted molar refractivity (Wildman–Crippen MR) is 37.4 cm³/mol. The molecule has 0 spiro atoms. The molecule has 1 aliphatic heterocycles. The average molecular weight is 138 g/mol. The molecule has 1 saturated heterocycles. The third kappa shape index (κ3) is 0.805. The molecule has 1 aliphatic carbocycles. The van der Waals surface area contributed by atoms with E-state index in [0.717, 1.165) is 18.4 Å². The van der Waals surface area contributed by atoms with Crippen LogP contribution in [0.3, 0.4) is 0 Å². The molecule has 2 rings (SSSR count). The normalized spacial score (nSPS) is 31.1. The topological polar surface area (TPSA) is 29.5 Å². The molecule has 2 heteroatoms. The summed E-state index contributed by atoms with van der Waals surface area (Å²) in [6.45, 7) is 0.590. The molecule has 1 atom stereocenters. The Bertz CT molecular complexity index is 203. The molecular weight excluding hydrogens is 128 g/mol. The first kappa shape index (κ1) is 6.13. The van der Waals surface area contributed by atoms with Crippen molar-refractivity contribution in [3.63, 3.8) is 0 Å². The molecule has 2 nitrogen and oxygen atoms in total. The van der Waals surface area contributed by atoms with E-state index in [1.807, 2.05) is 0 Å². The number of aliphatic hydroxyl groups excluding tert-OH is 1. The van der Waals surface area contributed by atoms with Gasteiger partial charge in [0.2, 0.25) is 0 Å². The number of rotatable bonds is 0. The first-order chi connectivity index (χ1) is 4.88. The molecule has 1 heterocycles. The van der Waals surface area contributed by atoms with Crippen molar-refractivity contribution < 1.29 is 9.84 Å². The zero-order valence-corrected chi connectivity index (χ0v) is 5.71. The summed E-state index contributed by atoms with van der Waals surface area (Å²) >= 11 is 0. The highest BCUT2D eigenvalue weighted by molar-refractivity contribution is 5.38. The molecule has 10 heavy (non-hydrogen) atoms. The molecule has 0 saturated carbocycles. The molecule has 2 aliphatic rings. The van der Waals surface area contributed by atoms with Crippen LogP contribution in [0.15, 0.2) is 23.3 Å². The lowest BCUT2D eigenvalue weighted by atomic mass is 10.0. The third-order valence-corrected chi connectivity index (χ3v) is 1.96. The Kier molecular flexibility index (Phi) is 1.36.